The van der Waals surface area contributed by atoms with Gasteiger partial charge >= 0.3 is 0 Å². The van der Waals surface area contributed by atoms with Crippen LogP contribution in [0.5, 0.6) is 0 Å². The van der Waals surface area contributed by atoms with E-state index < -0.39 is 11.6 Å². The first-order chi connectivity index (χ1) is 9.08. The fourth-order valence-corrected chi connectivity index (χ4v) is 2.50. The van der Waals surface area contributed by atoms with E-state index in [1.54, 1.807) is 6.07 Å². The number of rotatable bonds is 4. The lowest BCUT2D eigenvalue weighted by Gasteiger charge is -2.05. The topological polar surface area (TPSA) is 26.0 Å². The minimum Gasteiger partial charge on any atom is -0.326 e. The third-order valence-electron chi connectivity index (χ3n) is 2.55. The summed E-state index contributed by atoms with van der Waals surface area (Å²) in [5.41, 5.74) is 6.94. The van der Waals surface area contributed by atoms with Crippen LogP contribution in [0.2, 0.25) is 0 Å². The minimum atomic E-state index is -0.883. The average molecular weight is 283 g/mol. The van der Waals surface area contributed by atoms with E-state index in [0.717, 1.165) is 17.7 Å². The summed E-state index contributed by atoms with van der Waals surface area (Å²) >= 11 is 1.31. The molecule has 1 nitrogen and oxygen atoms in total. The molecule has 0 heterocycles. The molecule has 0 unspecified atom stereocenters. The second kappa shape index (κ2) is 6.12. The normalized spacial score (nSPS) is 10.7. The van der Waals surface area contributed by atoms with E-state index in [0.29, 0.717) is 16.2 Å². The summed E-state index contributed by atoms with van der Waals surface area (Å²) < 4.78 is 39.1. The molecule has 0 bridgehead atoms. The Hall–Kier alpha value is -1.46. The van der Waals surface area contributed by atoms with E-state index in [4.69, 9.17) is 5.73 Å². The summed E-state index contributed by atoms with van der Waals surface area (Å²) in [5, 5.41) is 0. The van der Waals surface area contributed by atoms with E-state index in [2.05, 4.69) is 0 Å². The molecular formula is C14H12F3NS. The molecule has 5 heteroatoms. The molecule has 2 aromatic rings. The number of hydrogen-bond donors (Lipinski definition) is 1. The lowest BCUT2D eigenvalue weighted by atomic mass is 10.1. The van der Waals surface area contributed by atoms with Crippen molar-refractivity contribution in [2.24, 2.45) is 5.73 Å². The molecule has 0 aliphatic heterocycles. The van der Waals surface area contributed by atoms with E-state index >= 15 is 0 Å². The lowest BCUT2D eigenvalue weighted by Crippen LogP contribution is -1.98. The van der Waals surface area contributed by atoms with Crippen LogP contribution in [-0.4, -0.2) is 0 Å². The molecule has 0 aromatic heterocycles. The van der Waals surface area contributed by atoms with Gasteiger partial charge in [-0.3, -0.25) is 0 Å². The van der Waals surface area contributed by atoms with Crippen LogP contribution in [0.3, 0.4) is 0 Å². The molecular weight excluding hydrogens is 271 g/mol. The molecule has 0 aliphatic rings. The zero-order valence-electron chi connectivity index (χ0n) is 10.00. The van der Waals surface area contributed by atoms with Crippen LogP contribution in [-0.2, 0) is 12.3 Å². The van der Waals surface area contributed by atoms with Crippen molar-refractivity contribution in [3.63, 3.8) is 0 Å². The third kappa shape index (κ3) is 3.75. The number of hydrogen-bond acceptors (Lipinski definition) is 2. The van der Waals surface area contributed by atoms with Crippen LogP contribution in [0.1, 0.15) is 11.1 Å². The summed E-state index contributed by atoms with van der Waals surface area (Å²) in [7, 11) is 0. The van der Waals surface area contributed by atoms with Gasteiger partial charge in [-0.15, -0.1) is 11.8 Å². The first kappa shape index (κ1) is 14.0. The van der Waals surface area contributed by atoms with E-state index in [-0.39, 0.29) is 12.4 Å². The summed E-state index contributed by atoms with van der Waals surface area (Å²) in [5.74, 6) is -1.63. The highest BCUT2D eigenvalue weighted by Gasteiger charge is 2.05. The molecule has 0 atom stereocenters. The fraction of sp³-hybridized carbons (Fsp3) is 0.143. The Kier molecular flexibility index (Phi) is 4.50. The number of thioether (sulfide) groups is 1. The van der Waals surface area contributed by atoms with Crippen molar-refractivity contribution in [2.45, 2.75) is 17.2 Å². The molecule has 0 saturated heterocycles. The van der Waals surface area contributed by atoms with Crippen molar-refractivity contribution in [3.8, 4) is 0 Å². The van der Waals surface area contributed by atoms with Gasteiger partial charge in [0.1, 0.15) is 5.82 Å². The van der Waals surface area contributed by atoms with Crippen molar-refractivity contribution in [2.75, 3.05) is 0 Å². The molecule has 100 valence electrons. The molecule has 0 radical (unpaired) electrons. The molecule has 0 amide bonds. The smallest absolute Gasteiger partial charge is 0.159 e. The summed E-state index contributed by atoms with van der Waals surface area (Å²) in [6.07, 6.45) is 0. The molecule has 19 heavy (non-hydrogen) atoms. The van der Waals surface area contributed by atoms with Gasteiger partial charge in [0, 0.05) is 17.2 Å². The van der Waals surface area contributed by atoms with Gasteiger partial charge in [0.2, 0.25) is 0 Å². The maximum atomic E-state index is 13.3. The standard InChI is InChI=1S/C14H12F3NS/c15-11-4-9(7-18)3-10(5-11)8-19-12-1-2-13(16)14(17)6-12/h1-6H,7-8,18H2. The van der Waals surface area contributed by atoms with Crippen LogP contribution in [0.4, 0.5) is 13.2 Å². The predicted octanol–water partition coefficient (Wildman–Crippen LogP) is 3.85. The van der Waals surface area contributed by atoms with Gasteiger partial charge in [0.15, 0.2) is 11.6 Å². The number of nitrogens with two attached hydrogens (primary N) is 1. The Labute approximate surface area is 113 Å². The third-order valence-corrected chi connectivity index (χ3v) is 3.61. The molecule has 2 N–H and O–H groups in total. The first-order valence-electron chi connectivity index (χ1n) is 5.65. The van der Waals surface area contributed by atoms with Crippen molar-refractivity contribution >= 4 is 11.8 Å². The molecule has 2 aromatic carbocycles. The molecule has 0 saturated carbocycles. The second-order valence-electron chi connectivity index (χ2n) is 4.04. The van der Waals surface area contributed by atoms with Crippen LogP contribution >= 0.6 is 11.8 Å². The largest absolute Gasteiger partial charge is 0.326 e. The minimum absolute atomic E-state index is 0.264. The van der Waals surface area contributed by atoms with Crippen molar-refractivity contribution in [3.05, 3.63) is 65.0 Å². The van der Waals surface area contributed by atoms with E-state index in [1.165, 1.54) is 30.0 Å². The van der Waals surface area contributed by atoms with Crippen LogP contribution in [0, 0.1) is 17.5 Å². The van der Waals surface area contributed by atoms with Crippen LogP contribution in [0.25, 0.3) is 0 Å². The molecule has 0 spiro atoms. The van der Waals surface area contributed by atoms with Gasteiger partial charge in [-0.1, -0.05) is 6.07 Å². The Morgan fingerprint density at radius 2 is 1.63 bits per heavy atom. The highest BCUT2D eigenvalue weighted by atomic mass is 32.2. The monoisotopic (exact) mass is 283 g/mol. The number of halogens is 3. The van der Waals surface area contributed by atoms with Gasteiger partial charge in [-0.05, 0) is 41.5 Å². The zero-order valence-corrected chi connectivity index (χ0v) is 10.8. The van der Waals surface area contributed by atoms with Gasteiger partial charge < -0.3 is 5.73 Å². The Morgan fingerprint density at radius 3 is 2.32 bits per heavy atom. The summed E-state index contributed by atoms with van der Waals surface area (Å²) in [4.78, 5) is 0.595. The van der Waals surface area contributed by atoms with Crippen molar-refractivity contribution < 1.29 is 13.2 Å². The zero-order chi connectivity index (χ0) is 13.8. The second-order valence-corrected chi connectivity index (χ2v) is 5.09. The van der Waals surface area contributed by atoms with Gasteiger partial charge in [0.05, 0.1) is 0 Å². The molecule has 0 aliphatic carbocycles. The predicted molar refractivity (Wildman–Crippen MR) is 70.2 cm³/mol. The molecule has 2 rings (SSSR count). The van der Waals surface area contributed by atoms with Crippen molar-refractivity contribution in [1.29, 1.82) is 0 Å². The first-order valence-corrected chi connectivity index (χ1v) is 6.63. The Morgan fingerprint density at radius 1 is 0.895 bits per heavy atom. The maximum absolute atomic E-state index is 13.3. The van der Waals surface area contributed by atoms with Gasteiger partial charge in [-0.25, -0.2) is 13.2 Å². The van der Waals surface area contributed by atoms with Gasteiger partial charge in [-0.2, -0.15) is 0 Å². The summed E-state index contributed by atoms with van der Waals surface area (Å²) in [6, 6.07) is 8.29. The van der Waals surface area contributed by atoms with E-state index in [1.807, 2.05) is 0 Å². The van der Waals surface area contributed by atoms with Crippen LogP contribution < -0.4 is 5.73 Å². The summed E-state index contributed by atoms with van der Waals surface area (Å²) in [6.45, 7) is 0.264. The lowest BCUT2D eigenvalue weighted by molar-refractivity contribution is 0.506. The highest BCUT2D eigenvalue weighted by molar-refractivity contribution is 7.98. The Balaban J connectivity index is 2.09. The van der Waals surface area contributed by atoms with Crippen LogP contribution in [0.15, 0.2) is 41.3 Å². The maximum Gasteiger partial charge on any atom is 0.159 e. The SMILES string of the molecule is NCc1cc(F)cc(CSc2ccc(F)c(F)c2)c1. The van der Waals surface area contributed by atoms with Gasteiger partial charge in [0.25, 0.3) is 0 Å². The number of benzene rings is 2. The average Bonchev–Trinajstić information content (AvgIpc) is 2.39. The fourth-order valence-electron chi connectivity index (χ4n) is 1.65. The van der Waals surface area contributed by atoms with Crippen molar-refractivity contribution in [1.82, 2.24) is 0 Å². The molecule has 0 fully saturated rings. The Bertz CT molecular complexity index is 587. The highest BCUT2D eigenvalue weighted by Crippen LogP contribution is 2.25. The quantitative estimate of drug-likeness (QED) is 0.862. The van der Waals surface area contributed by atoms with E-state index in [9.17, 15) is 13.2 Å².